The Morgan fingerprint density at radius 2 is 0.909 bits per heavy atom. The topological polar surface area (TPSA) is 361 Å². The maximum absolute atomic E-state index is 10.4. The van der Waals surface area contributed by atoms with Gasteiger partial charge < -0.3 is 44.3 Å². The second-order valence-electron chi connectivity index (χ2n) is 15.4. The molecule has 399 valence electrons. The van der Waals surface area contributed by atoms with E-state index in [1.165, 1.54) is 0 Å². The number of hydrogen-bond donors (Lipinski definition) is 0. The molecule has 3 aromatic carbocycles. The summed E-state index contributed by atoms with van der Waals surface area (Å²) in [5.41, 5.74) is 6.14. The number of sulfone groups is 2. The average molecular weight is 1200 g/mol. The summed E-state index contributed by atoms with van der Waals surface area (Å²) >= 11 is 2.07. The monoisotopic (exact) mass is 1200 g/mol. The van der Waals surface area contributed by atoms with E-state index in [2.05, 4.69) is 23.6 Å². The van der Waals surface area contributed by atoms with Crippen LogP contribution in [0.4, 0.5) is 0 Å². The summed E-state index contributed by atoms with van der Waals surface area (Å²) in [6.07, 6.45) is 5.95. The van der Waals surface area contributed by atoms with Crippen LogP contribution < -0.4 is 71.8 Å². The molecule has 0 saturated carbocycles. The molecule has 4 aromatic heterocycles. The van der Waals surface area contributed by atoms with Crippen molar-refractivity contribution >= 4 is 108 Å². The Morgan fingerprint density at radius 1 is 0.519 bits per heavy atom. The number of aromatic nitrogens is 9. The van der Waals surface area contributed by atoms with Crippen LogP contribution in [0.3, 0.4) is 0 Å². The second-order valence-corrected chi connectivity index (χ2v) is 24.2. The van der Waals surface area contributed by atoms with E-state index in [0.717, 1.165) is 81.4 Å². The molecular formula is C43H42CuLi3N9O15S6. The summed E-state index contributed by atoms with van der Waals surface area (Å²) in [5.74, 6) is 0.996. The molecule has 77 heavy (non-hydrogen) atoms. The summed E-state index contributed by atoms with van der Waals surface area (Å²) in [6.45, 7) is 0.468. The minimum atomic E-state index is -4.26. The zero-order valence-corrected chi connectivity index (χ0v) is 47.8. The predicted molar refractivity (Wildman–Crippen MR) is 269 cm³/mol. The van der Waals surface area contributed by atoms with Crippen LogP contribution in [-0.2, 0) is 75.6 Å². The van der Waals surface area contributed by atoms with E-state index in [-0.39, 0.29) is 98.0 Å². The van der Waals surface area contributed by atoms with E-state index in [4.69, 9.17) is 39.9 Å². The summed E-state index contributed by atoms with van der Waals surface area (Å²) in [5, 5.41) is 14.9. The predicted octanol–water partition coefficient (Wildman–Crippen LogP) is -5.06. The van der Waals surface area contributed by atoms with Gasteiger partial charge in [0.05, 0.1) is 67.2 Å². The first-order valence-electron chi connectivity index (χ1n) is 21.2. The Labute approximate surface area is 498 Å². The van der Waals surface area contributed by atoms with Gasteiger partial charge in [0.25, 0.3) is 0 Å². The van der Waals surface area contributed by atoms with E-state index in [1.54, 1.807) is 12.5 Å². The Bertz CT molecular complexity index is 3260. The molecule has 0 saturated heterocycles. The van der Waals surface area contributed by atoms with E-state index in [0.29, 0.717) is 63.8 Å². The molecule has 9 rings (SSSR count). The number of nitrogens with zero attached hydrogens (tertiary/aromatic N) is 9. The standard InChI is InChI=1S/C31H15N9.3C4H10O5S2.Cu.3Li/c1-2-9-17-16(8-1)24-33-25(17)35-27-20-12-5-6-13-21(20)29(37-27)39-31-23-22(14-7-15-32-23)30(40-31)38-28-19-11-4-3-10-18(19)26(34-24)36-28;2*1-10(5,6)3-2-4-11(7,8)9;1-10-8-6-3-2-4-11-9-7-5;;;;/h1-15H;2*2-4H2,1H3,(H,7,8,9);5H,2-4H2,1H3;;;;/q-2;;;;+2;3*+1/p-3. The molecule has 6 heterocycles. The van der Waals surface area contributed by atoms with Crippen LogP contribution in [0.1, 0.15) is 19.3 Å². The van der Waals surface area contributed by atoms with Crippen molar-refractivity contribution in [1.29, 1.82) is 0 Å². The van der Waals surface area contributed by atoms with Crippen molar-refractivity contribution in [2.24, 2.45) is 0 Å². The fourth-order valence-electron chi connectivity index (χ4n) is 6.64. The molecule has 2 aliphatic rings. The van der Waals surface area contributed by atoms with Gasteiger partial charge in [0.15, 0.2) is 0 Å². The number of hydrogen-bond acceptors (Lipinski definition) is 24. The van der Waals surface area contributed by atoms with Crippen molar-refractivity contribution in [2.75, 3.05) is 54.1 Å². The summed E-state index contributed by atoms with van der Waals surface area (Å²) in [6, 6.07) is 27.5. The van der Waals surface area contributed by atoms with Gasteiger partial charge in [-0.25, -0.2) is 48.5 Å². The summed E-state index contributed by atoms with van der Waals surface area (Å²) in [4.78, 5) is 48.2. The first kappa shape index (κ1) is 69.8. The molecule has 2 aliphatic heterocycles. The molecule has 34 heteroatoms. The average Bonchev–Trinajstić information content (AvgIpc) is 4.06. The first-order valence-corrected chi connectivity index (χ1v) is 30.5. The summed E-state index contributed by atoms with van der Waals surface area (Å²) < 4.78 is 110. The molecule has 0 amide bonds. The molecule has 7 aromatic rings. The van der Waals surface area contributed by atoms with Crippen LogP contribution in [0.15, 0.2) is 91.1 Å². The van der Waals surface area contributed by atoms with E-state index >= 15 is 0 Å². The zero-order valence-electron chi connectivity index (χ0n) is 41.9. The Hall–Kier alpha value is -3.30. The molecule has 0 spiro atoms. The molecule has 0 N–H and O–H groups in total. The maximum atomic E-state index is 10.4. The third kappa shape index (κ3) is 21.9. The number of rotatable bonds is 16. The number of pyridine rings is 1. The Morgan fingerprint density at radius 3 is 1.31 bits per heavy atom. The van der Waals surface area contributed by atoms with Gasteiger partial charge in [-0.2, -0.15) is 8.67 Å². The van der Waals surface area contributed by atoms with Crippen molar-refractivity contribution < 1.29 is 140 Å². The van der Waals surface area contributed by atoms with Gasteiger partial charge >= 0.3 is 73.7 Å². The molecular weight excluding hydrogens is 1160 g/mol. The van der Waals surface area contributed by atoms with Crippen LogP contribution in [-0.4, -0.2) is 132 Å². The maximum Gasteiger partial charge on any atom is 2.00 e. The number of fused-ring (bicyclic) bond motifs is 20. The Kier molecular flexibility index (Phi) is 29.2. The SMILES string of the molecule is CS(=O)(=O)CCCS(=O)(=O)[O-].CS(=O)(=O)CCCS(=O)(=O)[O-].CSOOCCCSOO[O-].[Cu+2].[Li+].[Li+].[Li+].c1ccc2c(c1)-c1nc-2nc2[n-]c(nc3nc(nc4[n-]c(n1)c1ccccc41)-c1ccccc1-3)c1ncccc21. The third-order valence-corrected chi connectivity index (χ3v) is 14.1. The normalized spacial score (nSPS) is 11.5. The van der Waals surface area contributed by atoms with Gasteiger partial charge in [0.1, 0.15) is 19.7 Å². The van der Waals surface area contributed by atoms with Gasteiger partial charge in [-0.1, -0.05) is 78.9 Å². The minimum Gasteiger partial charge on any atom is -0.748 e. The molecule has 0 atom stereocenters. The largest absolute Gasteiger partial charge is 2.00 e. The number of benzene rings is 3. The quantitative estimate of drug-likeness (QED) is 0.0218. The van der Waals surface area contributed by atoms with Crippen molar-refractivity contribution in [3.8, 4) is 45.6 Å². The fraction of sp³-hybridized carbons (Fsp3) is 0.279. The second kappa shape index (κ2) is 32.2. The molecule has 0 aliphatic carbocycles. The van der Waals surface area contributed by atoms with Crippen LogP contribution in [0, 0.1) is 0 Å². The Balaban J connectivity index is 0.000000455. The van der Waals surface area contributed by atoms with Crippen molar-refractivity contribution in [2.45, 2.75) is 19.3 Å². The van der Waals surface area contributed by atoms with Gasteiger partial charge in [-0.15, -0.1) is 0 Å². The molecule has 24 nitrogen and oxygen atoms in total. The molecule has 8 bridgehead atoms. The van der Waals surface area contributed by atoms with Crippen molar-refractivity contribution in [1.82, 2.24) is 44.9 Å². The van der Waals surface area contributed by atoms with Gasteiger partial charge in [0.2, 0.25) is 0 Å². The zero-order chi connectivity index (χ0) is 52.8. The van der Waals surface area contributed by atoms with Crippen molar-refractivity contribution in [3.63, 3.8) is 0 Å². The molecule has 0 unspecified atom stereocenters. The first-order chi connectivity index (χ1) is 34.6. The fourth-order valence-corrected chi connectivity index (χ4v) is 9.85. The van der Waals surface area contributed by atoms with Gasteiger partial charge in [-0.05, 0) is 36.1 Å². The molecule has 1 radical (unpaired) electrons. The summed E-state index contributed by atoms with van der Waals surface area (Å²) in [7, 11) is -14.8. The van der Waals surface area contributed by atoms with Gasteiger partial charge in [-0.3, -0.25) is 10.0 Å². The van der Waals surface area contributed by atoms with Gasteiger partial charge in [0, 0.05) is 117 Å². The van der Waals surface area contributed by atoms with E-state index < -0.39 is 51.4 Å². The van der Waals surface area contributed by atoms with Crippen LogP contribution in [0.25, 0.3) is 89.8 Å². The third-order valence-electron chi connectivity index (χ3n) is 9.65. The van der Waals surface area contributed by atoms with E-state index in [1.807, 2.05) is 84.9 Å². The van der Waals surface area contributed by atoms with Crippen LogP contribution in [0.2, 0.25) is 0 Å². The van der Waals surface area contributed by atoms with Crippen LogP contribution in [0.5, 0.6) is 0 Å². The van der Waals surface area contributed by atoms with E-state index in [9.17, 15) is 48.0 Å². The smallest absolute Gasteiger partial charge is 0.748 e. The molecule has 0 fully saturated rings. The van der Waals surface area contributed by atoms with Crippen LogP contribution >= 0.6 is 24.1 Å². The minimum absolute atomic E-state index is 0. The van der Waals surface area contributed by atoms with Crippen molar-refractivity contribution in [3.05, 3.63) is 91.1 Å².